The van der Waals surface area contributed by atoms with Gasteiger partial charge in [-0.1, -0.05) is 6.07 Å². The maximum atomic E-state index is 7.32. The highest BCUT2D eigenvalue weighted by molar-refractivity contribution is 5.93. The van der Waals surface area contributed by atoms with Crippen LogP contribution < -0.4 is 5.73 Å². The number of nitrogen functional groups attached to an aromatic ring is 1. The number of hydrogen-bond acceptors (Lipinski definition) is 3. The van der Waals surface area contributed by atoms with E-state index in [-0.39, 0.29) is 5.84 Å². The summed E-state index contributed by atoms with van der Waals surface area (Å²) in [5, 5.41) is 11.4. The van der Waals surface area contributed by atoms with Crippen molar-refractivity contribution in [2.75, 3.05) is 0 Å². The minimum atomic E-state index is -0.00417. The van der Waals surface area contributed by atoms with Crippen molar-refractivity contribution in [1.29, 1.82) is 5.41 Å². The first-order valence-corrected chi connectivity index (χ1v) is 3.85. The molecule has 0 aromatic carbocycles. The molecule has 0 atom stereocenters. The van der Waals surface area contributed by atoms with E-state index in [1.807, 2.05) is 6.07 Å². The van der Waals surface area contributed by atoms with Crippen molar-refractivity contribution < 1.29 is 0 Å². The van der Waals surface area contributed by atoms with Gasteiger partial charge in [0.25, 0.3) is 0 Å². The minimum Gasteiger partial charge on any atom is -0.382 e. The number of nitrogens with one attached hydrogen (secondary N) is 1. The first-order valence-electron chi connectivity index (χ1n) is 3.85. The number of aromatic nitrogens is 3. The number of fused-ring (bicyclic) bond motifs is 1. The van der Waals surface area contributed by atoms with Crippen LogP contribution in [0.4, 0.5) is 0 Å². The van der Waals surface area contributed by atoms with E-state index in [2.05, 4.69) is 10.1 Å². The molecule has 66 valence electrons. The van der Waals surface area contributed by atoms with Gasteiger partial charge in [-0.25, -0.2) is 9.50 Å². The number of pyridine rings is 1. The third-order valence-corrected chi connectivity index (χ3v) is 1.74. The molecule has 5 heteroatoms. The fourth-order valence-corrected chi connectivity index (χ4v) is 1.22. The predicted molar refractivity (Wildman–Crippen MR) is 48.7 cm³/mol. The van der Waals surface area contributed by atoms with Crippen molar-refractivity contribution in [2.45, 2.75) is 6.92 Å². The summed E-state index contributed by atoms with van der Waals surface area (Å²) in [5.74, 6) is 0.671. The number of nitrogens with two attached hydrogens (primary N) is 1. The van der Waals surface area contributed by atoms with Gasteiger partial charge in [0.15, 0.2) is 5.65 Å². The molecule has 0 aliphatic carbocycles. The third kappa shape index (κ3) is 1.14. The fraction of sp³-hybridized carbons (Fsp3) is 0.125. The van der Waals surface area contributed by atoms with Gasteiger partial charge in [0.05, 0.1) is 0 Å². The lowest BCUT2D eigenvalue weighted by Gasteiger charge is -1.99. The van der Waals surface area contributed by atoms with Crippen molar-refractivity contribution in [1.82, 2.24) is 14.6 Å². The van der Waals surface area contributed by atoms with Crippen LogP contribution in [-0.2, 0) is 0 Å². The van der Waals surface area contributed by atoms with Crippen LogP contribution in [0.5, 0.6) is 0 Å². The van der Waals surface area contributed by atoms with E-state index in [4.69, 9.17) is 11.1 Å². The molecule has 0 amide bonds. The molecule has 2 aromatic rings. The summed E-state index contributed by atoms with van der Waals surface area (Å²) in [6.07, 6.45) is 0. The summed E-state index contributed by atoms with van der Waals surface area (Å²) in [6, 6.07) is 5.37. The number of hydrogen-bond donors (Lipinski definition) is 2. The molecule has 0 fully saturated rings. The Labute approximate surface area is 74.7 Å². The summed E-state index contributed by atoms with van der Waals surface area (Å²) in [6.45, 7) is 1.80. The van der Waals surface area contributed by atoms with Gasteiger partial charge in [-0.2, -0.15) is 5.10 Å². The molecule has 5 nitrogen and oxygen atoms in total. The largest absolute Gasteiger partial charge is 0.382 e. The molecule has 0 saturated carbocycles. The molecule has 0 aliphatic rings. The first kappa shape index (κ1) is 7.72. The van der Waals surface area contributed by atoms with Crippen LogP contribution >= 0.6 is 0 Å². The van der Waals surface area contributed by atoms with Crippen molar-refractivity contribution in [3.63, 3.8) is 0 Å². The van der Waals surface area contributed by atoms with E-state index in [0.29, 0.717) is 17.2 Å². The van der Waals surface area contributed by atoms with Gasteiger partial charge in [0.1, 0.15) is 17.4 Å². The van der Waals surface area contributed by atoms with Crippen molar-refractivity contribution in [3.8, 4) is 0 Å². The van der Waals surface area contributed by atoms with E-state index in [9.17, 15) is 0 Å². The predicted octanol–water partition coefficient (Wildman–Crippen LogP) is 0.322. The quantitative estimate of drug-likeness (QED) is 0.484. The Morgan fingerprint density at radius 3 is 3.00 bits per heavy atom. The Hall–Kier alpha value is -1.91. The molecule has 3 N–H and O–H groups in total. The fourth-order valence-electron chi connectivity index (χ4n) is 1.22. The highest BCUT2D eigenvalue weighted by Crippen LogP contribution is 2.04. The summed E-state index contributed by atoms with van der Waals surface area (Å²) in [5.41, 5.74) is 6.66. The lowest BCUT2D eigenvalue weighted by atomic mass is 10.3. The molecule has 13 heavy (non-hydrogen) atoms. The van der Waals surface area contributed by atoms with Crippen molar-refractivity contribution in [2.24, 2.45) is 5.73 Å². The average Bonchev–Trinajstić information content (AvgIpc) is 2.43. The molecule has 2 rings (SSSR count). The lowest BCUT2D eigenvalue weighted by Crippen LogP contribution is -2.16. The molecule has 0 bridgehead atoms. The second-order valence-electron chi connectivity index (χ2n) is 2.75. The Morgan fingerprint density at radius 1 is 1.54 bits per heavy atom. The maximum Gasteiger partial charge on any atom is 0.156 e. The molecule has 2 heterocycles. The third-order valence-electron chi connectivity index (χ3n) is 1.74. The standard InChI is InChI=1S/C8H9N5/c1-5-11-7-4-2-3-6(8(9)10)13(7)12-5/h2-4H,1H3,(H3,9,10). The SMILES string of the molecule is Cc1nc2cccc(C(=N)N)n2n1. The minimum absolute atomic E-state index is 0.00417. The summed E-state index contributed by atoms with van der Waals surface area (Å²) in [4.78, 5) is 4.16. The highest BCUT2D eigenvalue weighted by Gasteiger charge is 2.05. The van der Waals surface area contributed by atoms with E-state index >= 15 is 0 Å². The summed E-state index contributed by atoms with van der Waals surface area (Å²) in [7, 11) is 0. The van der Waals surface area contributed by atoms with Gasteiger partial charge < -0.3 is 5.73 Å². The molecule has 0 unspecified atom stereocenters. The maximum absolute atomic E-state index is 7.32. The van der Waals surface area contributed by atoms with Crippen LogP contribution in [0.25, 0.3) is 5.65 Å². The molecular formula is C8H9N5. The second-order valence-corrected chi connectivity index (χ2v) is 2.75. The molecular weight excluding hydrogens is 166 g/mol. The van der Waals surface area contributed by atoms with Gasteiger partial charge in [0.2, 0.25) is 0 Å². The Kier molecular flexibility index (Phi) is 1.51. The zero-order valence-corrected chi connectivity index (χ0v) is 7.15. The first-order chi connectivity index (χ1) is 6.18. The van der Waals surface area contributed by atoms with E-state index in [1.165, 1.54) is 0 Å². The topological polar surface area (TPSA) is 80.1 Å². The highest BCUT2D eigenvalue weighted by atomic mass is 15.3. The molecule has 0 radical (unpaired) electrons. The Morgan fingerprint density at radius 2 is 2.31 bits per heavy atom. The summed E-state index contributed by atoms with van der Waals surface area (Å²) >= 11 is 0. The number of rotatable bonds is 1. The van der Waals surface area contributed by atoms with Crippen molar-refractivity contribution in [3.05, 3.63) is 29.7 Å². The molecule has 0 aliphatic heterocycles. The van der Waals surface area contributed by atoms with Crippen LogP contribution in [0.1, 0.15) is 11.5 Å². The van der Waals surface area contributed by atoms with Crippen molar-refractivity contribution >= 4 is 11.5 Å². The zero-order chi connectivity index (χ0) is 9.42. The Bertz CT molecular complexity index is 470. The monoisotopic (exact) mass is 175 g/mol. The number of amidine groups is 1. The smallest absolute Gasteiger partial charge is 0.156 e. The summed E-state index contributed by atoms with van der Waals surface area (Å²) < 4.78 is 1.57. The molecule has 0 spiro atoms. The van der Waals surface area contributed by atoms with Crippen LogP contribution in [0, 0.1) is 12.3 Å². The molecule has 0 saturated heterocycles. The van der Waals surface area contributed by atoms with Gasteiger partial charge >= 0.3 is 0 Å². The van der Waals surface area contributed by atoms with Gasteiger partial charge in [-0.05, 0) is 19.1 Å². The number of aryl methyl sites for hydroxylation is 1. The Balaban J connectivity index is 2.82. The van der Waals surface area contributed by atoms with E-state index in [1.54, 1.807) is 23.6 Å². The van der Waals surface area contributed by atoms with Crippen LogP contribution in [-0.4, -0.2) is 20.4 Å². The van der Waals surface area contributed by atoms with Crippen LogP contribution in [0.3, 0.4) is 0 Å². The molecule has 2 aromatic heterocycles. The van der Waals surface area contributed by atoms with Gasteiger partial charge in [-0.3, -0.25) is 5.41 Å². The normalized spacial score (nSPS) is 10.5. The zero-order valence-electron chi connectivity index (χ0n) is 7.15. The number of nitrogens with zero attached hydrogens (tertiary/aromatic N) is 3. The lowest BCUT2D eigenvalue weighted by molar-refractivity contribution is 0.916. The average molecular weight is 175 g/mol. The van der Waals surface area contributed by atoms with E-state index in [0.717, 1.165) is 0 Å². The van der Waals surface area contributed by atoms with Crippen LogP contribution in [0.15, 0.2) is 18.2 Å². The second kappa shape index (κ2) is 2.55. The van der Waals surface area contributed by atoms with Crippen LogP contribution in [0.2, 0.25) is 0 Å². The van der Waals surface area contributed by atoms with Gasteiger partial charge in [0, 0.05) is 0 Å². The van der Waals surface area contributed by atoms with E-state index < -0.39 is 0 Å². The van der Waals surface area contributed by atoms with Gasteiger partial charge in [-0.15, -0.1) is 0 Å².